The Labute approximate surface area is 249 Å². The second-order valence-corrected chi connectivity index (χ2v) is 9.78. The number of carboxylic acids is 1. The first-order chi connectivity index (χ1) is 20.5. The van der Waals surface area contributed by atoms with E-state index in [1.165, 1.54) is 0 Å². The van der Waals surface area contributed by atoms with Gasteiger partial charge in [-0.1, -0.05) is 30.3 Å². The molecule has 43 heavy (non-hydrogen) atoms. The van der Waals surface area contributed by atoms with Gasteiger partial charge < -0.3 is 54.1 Å². The van der Waals surface area contributed by atoms with Gasteiger partial charge in [0.2, 0.25) is 23.6 Å². The van der Waals surface area contributed by atoms with Crippen LogP contribution in [0.3, 0.4) is 0 Å². The average Bonchev–Trinajstić information content (AvgIpc) is 2.96. The summed E-state index contributed by atoms with van der Waals surface area (Å²) in [5, 5.41) is 19.0. The summed E-state index contributed by atoms with van der Waals surface area (Å²) in [4.78, 5) is 77.8. The van der Waals surface area contributed by atoms with Crippen LogP contribution in [0.4, 0.5) is 0 Å². The molecule has 0 heterocycles. The Morgan fingerprint density at radius 1 is 0.884 bits per heavy atom. The second-order valence-electron chi connectivity index (χ2n) is 9.78. The predicted molar refractivity (Wildman–Crippen MR) is 158 cm³/mol. The Hall–Kier alpha value is -4.57. The molecule has 0 saturated heterocycles. The molecule has 0 aliphatic carbocycles. The highest BCUT2D eigenvalue weighted by molar-refractivity contribution is 5.95. The normalized spacial score (nSPS) is 13.3. The van der Waals surface area contributed by atoms with Crippen molar-refractivity contribution in [2.75, 3.05) is 19.6 Å². The monoisotopic (exact) mass is 605 g/mol. The average molecular weight is 606 g/mol. The van der Waals surface area contributed by atoms with Crippen LogP contribution in [0.15, 0.2) is 35.3 Å². The summed E-state index contributed by atoms with van der Waals surface area (Å²) < 4.78 is 0. The lowest BCUT2D eigenvalue weighted by Crippen LogP contribution is -2.57. The first-order valence-corrected chi connectivity index (χ1v) is 13.9. The fourth-order valence-electron chi connectivity index (χ4n) is 3.88. The molecule has 13 N–H and O–H groups in total. The number of carbonyl (C=O) groups is 6. The summed E-state index contributed by atoms with van der Waals surface area (Å²) in [6.45, 7) is 0.116. The Kier molecular flexibility index (Phi) is 17.2. The molecule has 1 rings (SSSR count). The minimum Gasteiger partial charge on any atom is -0.481 e. The lowest BCUT2D eigenvalue weighted by Gasteiger charge is -2.24. The van der Waals surface area contributed by atoms with Crippen molar-refractivity contribution in [3.63, 3.8) is 0 Å². The van der Waals surface area contributed by atoms with Crippen LogP contribution in [-0.4, -0.2) is 90.8 Å². The zero-order valence-electron chi connectivity index (χ0n) is 24.0. The van der Waals surface area contributed by atoms with Crippen LogP contribution in [0.2, 0.25) is 0 Å². The van der Waals surface area contributed by atoms with E-state index >= 15 is 0 Å². The SMILES string of the molecule is NCCCCC(C=O)NC(=O)C(Cc1ccccc1)NC(=O)C(CC(=O)O)NC(=O)CNC(=O)C(N)CCCN=C(N)N. The summed E-state index contributed by atoms with van der Waals surface area (Å²) in [6.07, 6.45) is 2.07. The van der Waals surface area contributed by atoms with Crippen molar-refractivity contribution in [1.82, 2.24) is 21.3 Å². The van der Waals surface area contributed by atoms with Gasteiger partial charge in [0.1, 0.15) is 18.4 Å². The number of unbranched alkanes of at least 4 members (excludes halogenated alkanes) is 1. The van der Waals surface area contributed by atoms with Gasteiger partial charge >= 0.3 is 5.97 Å². The molecule has 0 aliphatic heterocycles. The molecular weight excluding hydrogens is 562 g/mol. The highest BCUT2D eigenvalue weighted by Crippen LogP contribution is 2.07. The van der Waals surface area contributed by atoms with Gasteiger partial charge in [-0.3, -0.25) is 29.0 Å². The molecule has 0 saturated carbocycles. The number of nitrogens with one attached hydrogen (secondary N) is 4. The van der Waals surface area contributed by atoms with E-state index in [0.29, 0.717) is 44.1 Å². The van der Waals surface area contributed by atoms with E-state index in [4.69, 9.17) is 22.9 Å². The van der Waals surface area contributed by atoms with Crippen molar-refractivity contribution in [2.45, 2.75) is 69.1 Å². The van der Waals surface area contributed by atoms with Crippen molar-refractivity contribution in [1.29, 1.82) is 0 Å². The van der Waals surface area contributed by atoms with E-state index < -0.39 is 66.7 Å². The number of carbonyl (C=O) groups excluding carboxylic acids is 5. The molecule has 4 atom stereocenters. The molecule has 238 valence electrons. The van der Waals surface area contributed by atoms with E-state index in [-0.39, 0.29) is 25.3 Å². The maximum atomic E-state index is 13.1. The van der Waals surface area contributed by atoms with Crippen molar-refractivity contribution in [2.24, 2.45) is 27.9 Å². The van der Waals surface area contributed by atoms with Gasteiger partial charge in [0, 0.05) is 13.0 Å². The third-order valence-electron chi connectivity index (χ3n) is 6.13. The first kappa shape index (κ1) is 36.5. The van der Waals surface area contributed by atoms with Crippen LogP contribution >= 0.6 is 0 Å². The Balaban J connectivity index is 2.89. The number of rotatable bonds is 21. The lowest BCUT2D eigenvalue weighted by atomic mass is 10.0. The van der Waals surface area contributed by atoms with Gasteiger partial charge in [-0.15, -0.1) is 0 Å². The first-order valence-electron chi connectivity index (χ1n) is 13.9. The van der Waals surface area contributed by atoms with Crippen LogP contribution in [0.25, 0.3) is 0 Å². The molecule has 0 aliphatic rings. The highest BCUT2D eigenvalue weighted by Gasteiger charge is 2.29. The number of amides is 4. The van der Waals surface area contributed by atoms with Gasteiger partial charge in [0.25, 0.3) is 0 Å². The third kappa shape index (κ3) is 15.9. The molecule has 0 bridgehead atoms. The molecule has 0 spiro atoms. The van der Waals surface area contributed by atoms with Crippen LogP contribution in [0, 0.1) is 0 Å². The number of nitrogens with zero attached hydrogens (tertiary/aromatic N) is 1. The number of hydrogen-bond donors (Lipinski definition) is 9. The molecule has 4 amide bonds. The number of hydrogen-bond acceptors (Lipinski definition) is 9. The van der Waals surface area contributed by atoms with Crippen molar-refractivity contribution < 1.29 is 33.9 Å². The summed E-state index contributed by atoms with van der Waals surface area (Å²) >= 11 is 0. The molecule has 0 radical (unpaired) electrons. The van der Waals surface area contributed by atoms with Crippen LogP contribution in [0.1, 0.15) is 44.1 Å². The van der Waals surface area contributed by atoms with Gasteiger partial charge in [-0.25, -0.2) is 0 Å². The van der Waals surface area contributed by atoms with E-state index in [1.54, 1.807) is 30.3 Å². The molecule has 4 unspecified atom stereocenters. The molecule has 16 heteroatoms. The number of aliphatic imine (C=N–C) groups is 1. The summed E-state index contributed by atoms with van der Waals surface area (Å²) in [5.74, 6) is -4.59. The molecule has 0 aromatic heterocycles. The Morgan fingerprint density at radius 2 is 1.56 bits per heavy atom. The standard InChI is InChI=1S/C27H43N9O7/c28-11-5-4-9-18(16-37)34-25(42)20(13-17-7-2-1-3-8-17)36-26(43)21(14-23(39)40)35-22(38)15-33-24(41)19(29)10-6-12-32-27(30)31/h1-3,7-8,16,18-21H,4-6,9-15,28-29H2,(H,33,41)(H,34,42)(H,35,38)(H,36,43)(H,39,40)(H4,30,31,32). The van der Waals surface area contributed by atoms with Gasteiger partial charge in [0.05, 0.1) is 25.0 Å². The maximum absolute atomic E-state index is 13.1. The van der Waals surface area contributed by atoms with E-state index in [2.05, 4.69) is 26.3 Å². The summed E-state index contributed by atoms with van der Waals surface area (Å²) in [7, 11) is 0. The molecule has 1 aromatic rings. The lowest BCUT2D eigenvalue weighted by molar-refractivity contribution is -0.141. The van der Waals surface area contributed by atoms with Gasteiger partial charge in [-0.2, -0.15) is 0 Å². The van der Waals surface area contributed by atoms with Crippen LogP contribution in [-0.2, 0) is 35.2 Å². The fourth-order valence-corrected chi connectivity index (χ4v) is 3.88. The minimum absolute atomic E-state index is 0.0255. The third-order valence-corrected chi connectivity index (χ3v) is 6.13. The van der Waals surface area contributed by atoms with E-state index in [9.17, 15) is 33.9 Å². The van der Waals surface area contributed by atoms with Crippen LogP contribution < -0.4 is 44.2 Å². The molecule has 0 fully saturated rings. The van der Waals surface area contributed by atoms with E-state index in [0.717, 1.165) is 0 Å². The topological polar surface area (TPSA) is 287 Å². The Bertz CT molecular complexity index is 1100. The number of nitrogens with two attached hydrogens (primary N) is 4. The summed E-state index contributed by atoms with van der Waals surface area (Å²) in [6, 6.07) is 4.17. The summed E-state index contributed by atoms with van der Waals surface area (Å²) in [5.41, 5.74) is 22.4. The largest absolute Gasteiger partial charge is 0.481 e. The maximum Gasteiger partial charge on any atom is 0.305 e. The molecule has 1 aromatic carbocycles. The van der Waals surface area contributed by atoms with Gasteiger partial charge in [0.15, 0.2) is 5.96 Å². The fraction of sp³-hybridized carbons (Fsp3) is 0.519. The second kappa shape index (κ2) is 20.3. The number of benzene rings is 1. The minimum atomic E-state index is -1.58. The number of aldehydes is 1. The molecular formula is C27H43N9O7. The predicted octanol–water partition coefficient (Wildman–Crippen LogP) is -3.02. The van der Waals surface area contributed by atoms with Gasteiger partial charge in [-0.05, 0) is 44.2 Å². The number of carboxylic acid groups (broad SMARTS) is 1. The molecule has 16 nitrogen and oxygen atoms in total. The zero-order chi connectivity index (χ0) is 32.2. The van der Waals surface area contributed by atoms with Crippen molar-refractivity contribution in [3.8, 4) is 0 Å². The zero-order valence-corrected chi connectivity index (χ0v) is 24.0. The quantitative estimate of drug-likeness (QED) is 0.0294. The van der Waals surface area contributed by atoms with Crippen LogP contribution in [0.5, 0.6) is 0 Å². The smallest absolute Gasteiger partial charge is 0.305 e. The van der Waals surface area contributed by atoms with Crippen molar-refractivity contribution in [3.05, 3.63) is 35.9 Å². The highest BCUT2D eigenvalue weighted by atomic mass is 16.4. The Morgan fingerprint density at radius 3 is 2.16 bits per heavy atom. The van der Waals surface area contributed by atoms with Crippen molar-refractivity contribution >= 4 is 41.8 Å². The number of aliphatic carboxylic acids is 1. The van der Waals surface area contributed by atoms with E-state index in [1.807, 2.05) is 0 Å². The number of guanidine groups is 1.